The van der Waals surface area contributed by atoms with E-state index in [1.165, 1.54) is 0 Å². The van der Waals surface area contributed by atoms with Crippen LogP contribution < -0.4 is 5.32 Å². The van der Waals surface area contributed by atoms with E-state index in [0.717, 1.165) is 64.2 Å². The van der Waals surface area contributed by atoms with Crippen LogP contribution in [0.3, 0.4) is 0 Å². The largest absolute Gasteiger partial charge is 0.480 e. The molecular weight excluding hydrogens is 601 g/mol. The fourth-order valence-corrected chi connectivity index (χ4v) is 4.39. The summed E-state index contributed by atoms with van der Waals surface area (Å²) in [7, 11) is -4.73. The number of carboxylic acid groups (broad SMARTS) is 1. The third-order valence-electron chi connectivity index (χ3n) is 6.13. The van der Waals surface area contributed by atoms with Crippen LogP contribution in [0.4, 0.5) is 0 Å². The molecule has 3 atom stereocenters. The van der Waals surface area contributed by atoms with E-state index in [1.54, 1.807) is 6.92 Å². The molecule has 0 aromatic heterocycles. The van der Waals surface area contributed by atoms with Gasteiger partial charge in [-0.15, -0.1) is 0 Å². The van der Waals surface area contributed by atoms with Crippen LogP contribution in [0, 0.1) is 0 Å². The van der Waals surface area contributed by atoms with Crippen LogP contribution in [-0.2, 0) is 32.7 Å². The lowest BCUT2D eigenvalue weighted by Gasteiger charge is -2.18. The zero-order chi connectivity index (χ0) is 33.6. The molecule has 0 heterocycles. The lowest BCUT2D eigenvalue weighted by molar-refractivity contribution is -0.146. The van der Waals surface area contributed by atoms with E-state index >= 15 is 0 Å². The van der Waals surface area contributed by atoms with Crippen molar-refractivity contribution in [2.75, 3.05) is 19.8 Å². The summed E-state index contributed by atoms with van der Waals surface area (Å²) in [6.45, 7) is 1.76. The minimum Gasteiger partial charge on any atom is -0.480 e. The fourth-order valence-electron chi connectivity index (χ4n) is 3.61. The molecule has 1 amide bonds. The van der Waals surface area contributed by atoms with Gasteiger partial charge in [-0.05, 0) is 51.4 Å². The molecular formula is C33H54NO10P. The number of ether oxygens (including phenoxy) is 1. The van der Waals surface area contributed by atoms with E-state index in [2.05, 4.69) is 86.8 Å². The van der Waals surface area contributed by atoms with Crippen LogP contribution in [-0.4, -0.2) is 64.9 Å². The van der Waals surface area contributed by atoms with E-state index < -0.39 is 57.6 Å². The van der Waals surface area contributed by atoms with E-state index in [1.807, 2.05) is 0 Å². The molecule has 45 heavy (non-hydrogen) atoms. The molecule has 0 aliphatic carbocycles. The predicted octanol–water partition coefficient (Wildman–Crippen LogP) is 6.49. The smallest absolute Gasteiger partial charge is 0.472 e. The molecule has 3 unspecified atom stereocenters. The lowest BCUT2D eigenvalue weighted by Crippen LogP contribution is -2.43. The molecule has 0 bridgehead atoms. The summed E-state index contributed by atoms with van der Waals surface area (Å²) >= 11 is 0. The molecule has 11 nitrogen and oxygen atoms in total. The first-order valence-electron chi connectivity index (χ1n) is 15.8. The zero-order valence-corrected chi connectivity index (χ0v) is 27.8. The van der Waals surface area contributed by atoms with Crippen molar-refractivity contribution < 1.29 is 47.8 Å². The van der Waals surface area contributed by atoms with E-state index in [-0.39, 0.29) is 12.8 Å². The van der Waals surface area contributed by atoms with Crippen molar-refractivity contribution in [2.24, 2.45) is 0 Å². The van der Waals surface area contributed by atoms with Gasteiger partial charge in [0.15, 0.2) is 6.04 Å². The molecule has 12 heteroatoms. The SMILES string of the molecule is CC/C=C\C/C=C\C/C=C\C/C=C\C/C=C\CCCCCCCC(=O)NC(COP(=O)(O)OCC(O)COC(=O)CC)C(=O)O. The predicted molar refractivity (Wildman–Crippen MR) is 175 cm³/mol. The number of carbonyl (C=O) groups excluding carboxylic acids is 2. The third-order valence-corrected chi connectivity index (χ3v) is 7.08. The van der Waals surface area contributed by atoms with Gasteiger partial charge in [-0.1, -0.05) is 93.9 Å². The van der Waals surface area contributed by atoms with E-state index in [4.69, 9.17) is 0 Å². The molecule has 0 aliphatic rings. The molecule has 0 saturated heterocycles. The Morgan fingerprint density at radius 2 is 1.24 bits per heavy atom. The van der Waals surface area contributed by atoms with Gasteiger partial charge in [-0.3, -0.25) is 18.6 Å². The highest BCUT2D eigenvalue weighted by Crippen LogP contribution is 2.43. The highest BCUT2D eigenvalue weighted by Gasteiger charge is 2.28. The third kappa shape index (κ3) is 28.4. The molecule has 0 rings (SSSR count). The van der Waals surface area contributed by atoms with Crippen LogP contribution >= 0.6 is 7.82 Å². The van der Waals surface area contributed by atoms with E-state index in [0.29, 0.717) is 6.42 Å². The normalized spacial score (nSPS) is 14.9. The number of allylic oxidation sites excluding steroid dienone is 10. The van der Waals surface area contributed by atoms with Gasteiger partial charge < -0.3 is 25.2 Å². The van der Waals surface area contributed by atoms with Gasteiger partial charge in [0.25, 0.3) is 0 Å². The van der Waals surface area contributed by atoms with Crippen LogP contribution in [0.2, 0.25) is 0 Å². The Kier molecular flexibility index (Phi) is 26.8. The number of carboxylic acids is 1. The minimum atomic E-state index is -4.73. The van der Waals surface area contributed by atoms with Crippen LogP contribution in [0.15, 0.2) is 60.8 Å². The van der Waals surface area contributed by atoms with Gasteiger partial charge in [-0.2, -0.15) is 0 Å². The van der Waals surface area contributed by atoms with Gasteiger partial charge in [0.2, 0.25) is 5.91 Å². The van der Waals surface area contributed by atoms with Crippen molar-refractivity contribution in [3.05, 3.63) is 60.8 Å². The quantitative estimate of drug-likeness (QED) is 0.0317. The van der Waals surface area contributed by atoms with Crippen LogP contribution in [0.1, 0.15) is 97.3 Å². The van der Waals surface area contributed by atoms with Crippen LogP contribution in [0.25, 0.3) is 0 Å². The highest BCUT2D eigenvalue weighted by atomic mass is 31.2. The highest BCUT2D eigenvalue weighted by molar-refractivity contribution is 7.47. The number of aliphatic hydroxyl groups is 1. The minimum absolute atomic E-state index is 0.101. The number of carbonyl (C=O) groups is 3. The summed E-state index contributed by atoms with van der Waals surface area (Å²) < 4.78 is 25.9. The van der Waals surface area contributed by atoms with Crippen molar-refractivity contribution in [2.45, 2.75) is 109 Å². The number of nitrogens with one attached hydrogen (secondary N) is 1. The molecule has 0 fully saturated rings. The lowest BCUT2D eigenvalue weighted by atomic mass is 10.1. The number of rotatable bonds is 28. The van der Waals surface area contributed by atoms with Gasteiger partial charge in [0.05, 0.1) is 13.2 Å². The number of phosphoric acid groups is 1. The molecule has 0 radical (unpaired) electrons. The number of hydrogen-bond acceptors (Lipinski definition) is 8. The summed E-state index contributed by atoms with van der Waals surface area (Å²) in [5, 5.41) is 21.2. The van der Waals surface area contributed by atoms with Crippen molar-refractivity contribution >= 4 is 25.7 Å². The first kappa shape index (κ1) is 42.2. The van der Waals surface area contributed by atoms with E-state index in [9.17, 15) is 34.1 Å². The maximum atomic E-state index is 12.2. The monoisotopic (exact) mass is 655 g/mol. The number of amides is 1. The Morgan fingerprint density at radius 1 is 0.733 bits per heavy atom. The second-order valence-electron chi connectivity index (χ2n) is 10.2. The summed E-state index contributed by atoms with van der Waals surface area (Å²) in [6.07, 6.45) is 30.9. The van der Waals surface area contributed by atoms with Crippen molar-refractivity contribution in [3.8, 4) is 0 Å². The Bertz CT molecular complexity index is 1010. The molecule has 256 valence electrons. The average Bonchev–Trinajstić information content (AvgIpc) is 3.01. The van der Waals surface area contributed by atoms with Crippen LogP contribution in [0.5, 0.6) is 0 Å². The van der Waals surface area contributed by atoms with Crippen molar-refractivity contribution in [1.82, 2.24) is 5.32 Å². The molecule has 0 aliphatic heterocycles. The summed E-state index contributed by atoms with van der Waals surface area (Å²) in [5.41, 5.74) is 0. The zero-order valence-electron chi connectivity index (χ0n) is 26.9. The number of aliphatic hydroxyl groups excluding tert-OH is 1. The summed E-state index contributed by atoms with van der Waals surface area (Å²) in [6, 6.07) is -1.56. The molecule has 0 aromatic carbocycles. The fraction of sp³-hybridized carbons (Fsp3) is 0.606. The molecule has 0 saturated carbocycles. The molecule has 0 spiro atoms. The molecule has 4 N–H and O–H groups in total. The maximum absolute atomic E-state index is 12.2. The van der Waals surface area contributed by atoms with Gasteiger partial charge in [-0.25, -0.2) is 9.36 Å². The summed E-state index contributed by atoms with van der Waals surface area (Å²) in [5.74, 6) is -2.51. The second kappa shape index (κ2) is 28.6. The first-order valence-corrected chi connectivity index (χ1v) is 17.3. The topological polar surface area (TPSA) is 169 Å². The second-order valence-corrected chi connectivity index (χ2v) is 11.7. The number of aliphatic carboxylic acids is 1. The van der Waals surface area contributed by atoms with Crippen molar-refractivity contribution in [1.29, 1.82) is 0 Å². The maximum Gasteiger partial charge on any atom is 0.472 e. The average molecular weight is 656 g/mol. The Balaban J connectivity index is 3.96. The number of esters is 1. The van der Waals surface area contributed by atoms with Gasteiger partial charge in [0, 0.05) is 12.8 Å². The van der Waals surface area contributed by atoms with Gasteiger partial charge >= 0.3 is 19.8 Å². The van der Waals surface area contributed by atoms with Crippen molar-refractivity contribution in [3.63, 3.8) is 0 Å². The number of hydrogen-bond donors (Lipinski definition) is 4. The summed E-state index contributed by atoms with van der Waals surface area (Å²) in [4.78, 5) is 44.4. The first-order chi connectivity index (χ1) is 21.6. The number of unbranched alkanes of at least 4 members (excludes halogenated alkanes) is 5. The Morgan fingerprint density at radius 3 is 1.80 bits per heavy atom. The number of phosphoric ester groups is 1. The molecule has 0 aromatic rings. The van der Waals surface area contributed by atoms with Gasteiger partial charge in [0.1, 0.15) is 12.7 Å². The standard InChI is InChI=1S/C33H54NO10P/c1-3-5-6-7-8-9-10-11-12-13-14-15-16-17-18-19-20-21-22-23-24-25-31(36)34-30(33(38)39)28-44-45(40,41)43-27-29(35)26-42-32(37)4-2/h5-6,8-9,11-12,14-15,17-18,29-30,35H,3-4,7,10,13,16,19-28H2,1-2H3,(H,34,36)(H,38,39)(H,40,41)/b6-5-,9-8-,12-11-,15-14-,18-17-. The Hall–Kier alpha value is -2.82. The Labute approximate surface area is 268 Å².